The summed E-state index contributed by atoms with van der Waals surface area (Å²) in [6.45, 7) is 1.09. The molecule has 0 aliphatic carbocycles. The first-order valence-electron chi connectivity index (χ1n) is 10.9. The molecule has 10 heteroatoms. The third-order valence-corrected chi connectivity index (χ3v) is 7.59. The molecule has 1 fully saturated rings. The average molecular weight is 469 g/mol. The number of anilines is 1. The van der Waals surface area contributed by atoms with Gasteiger partial charge in [0.1, 0.15) is 10.6 Å². The highest BCUT2D eigenvalue weighted by molar-refractivity contribution is 7.90. The van der Waals surface area contributed by atoms with Crippen LogP contribution in [0.2, 0.25) is 0 Å². The van der Waals surface area contributed by atoms with Gasteiger partial charge < -0.3 is 19.9 Å². The smallest absolute Gasteiger partial charge is 0.285 e. The molecule has 33 heavy (non-hydrogen) atoms. The Morgan fingerprint density at radius 1 is 1.09 bits per heavy atom. The van der Waals surface area contributed by atoms with E-state index in [4.69, 9.17) is 4.74 Å². The van der Waals surface area contributed by atoms with Crippen molar-refractivity contribution < 1.29 is 22.7 Å². The lowest BCUT2D eigenvalue weighted by atomic mass is 9.95. The summed E-state index contributed by atoms with van der Waals surface area (Å²) in [5.41, 5.74) is 1.20. The molecule has 3 aliphatic heterocycles. The highest BCUT2D eigenvalue weighted by atomic mass is 32.2. The van der Waals surface area contributed by atoms with Crippen LogP contribution in [-0.4, -0.2) is 63.8 Å². The van der Waals surface area contributed by atoms with Gasteiger partial charge in [0.15, 0.2) is 11.9 Å². The Morgan fingerprint density at radius 2 is 1.85 bits per heavy atom. The maximum atomic E-state index is 13.7. The predicted molar refractivity (Wildman–Crippen MR) is 122 cm³/mol. The highest BCUT2D eigenvalue weighted by Gasteiger charge is 2.39. The number of amides is 2. The molecule has 2 amide bonds. The van der Waals surface area contributed by atoms with Gasteiger partial charge in [0, 0.05) is 25.7 Å². The van der Waals surface area contributed by atoms with Crippen LogP contribution in [0.15, 0.2) is 57.8 Å². The number of ether oxygens (including phenoxy) is 1. The Hall–Kier alpha value is -3.40. The molecule has 3 heterocycles. The molecule has 2 aromatic carbocycles. The standard InChI is InChI=1S/C23H24N4O5S/c1-24-22(28)19-14-27(17-9-3-4-10-18(17)32-19)23(29)15-7-6-12-26(13-15)21-16-8-2-5-11-20(16)33(30,31)25-21/h2-5,8-11,15,19H,6-7,12-14H2,1H3,(H,24,28). The van der Waals surface area contributed by atoms with Gasteiger partial charge in [0.2, 0.25) is 5.91 Å². The van der Waals surface area contributed by atoms with E-state index in [1.807, 2.05) is 11.0 Å². The number of benzene rings is 2. The summed E-state index contributed by atoms with van der Waals surface area (Å²) in [6.07, 6.45) is 0.591. The zero-order valence-corrected chi connectivity index (χ0v) is 18.9. The summed E-state index contributed by atoms with van der Waals surface area (Å²) in [5.74, 6) is 0.106. The summed E-state index contributed by atoms with van der Waals surface area (Å²) >= 11 is 0. The molecule has 0 aromatic heterocycles. The maximum Gasteiger partial charge on any atom is 0.285 e. The lowest BCUT2D eigenvalue weighted by Gasteiger charge is -2.39. The number of fused-ring (bicyclic) bond motifs is 2. The molecular weight excluding hydrogens is 444 g/mol. The molecule has 1 saturated heterocycles. The van der Waals surface area contributed by atoms with E-state index in [1.54, 1.807) is 47.4 Å². The van der Waals surface area contributed by atoms with Crippen LogP contribution in [0.3, 0.4) is 0 Å². The normalized spacial score (nSPS) is 23.1. The van der Waals surface area contributed by atoms with Gasteiger partial charge in [-0.05, 0) is 37.1 Å². The van der Waals surface area contributed by atoms with Gasteiger partial charge in [-0.2, -0.15) is 8.42 Å². The minimum atomic E-state index is -3.73. The predicted octanol–water partition coefficient (Wildman–Crippen LogP) is 1.39. The fraction of sp³-hybridized carbons (Fsp3) is 0.348. The van der Waals surface area contributed by atoms with Crippen LogP contribution in [0.25, 0.3) is 0 Å². The highest BCUT2D eigenvalue weighted by Crippen LogP contribution is 2.36. The zero-order valence-electron chi connectivity index (χ0n) is 18.1. The molecule has 0 spiro atoms. The summed E-state index contributed by atoms with van der Waals surface area (Å²) in [6, 6.07) is 13.9. The number of amidine groups is 1. The van der Waals surface area contributed by atoms with Crippen LogP contribution in [0.1, 0.15) is 18.4 Å². The fourth-order valence-corrected chi connectivity index (χ4v) is 5.88. The molecular formula is C23H24N4O5S. The zero-order chi connectivity index (χ0) is 23.2. The lowest BCUT2D eigenvalue weighted by molar-refractivity contribution is -0.128. The Bertz CT molecular complexity index is 1260. The summed E-state index contributed by atoms with van der Waals surface area (Å²) in [4.78, 5) is 29.6. The van der Waals surface area contributed by atoms with Gasteiger partial charge in [-0.3, -0.25) is 9.59 Å². The fourth-order valence-electron chi connectivity index (χ4n) is 4.65. The number of para-hydroxylation sites is 2. The number of hydrogen-bond donors (Lipinski definition) is 1. The molecule has 2 aromatic rings. The lowest BCUT2D eigenvalue weighted by Crippen LogP contribution is -2.53. The minimum Gasteiger partial charge on any atom is -0.477 e. The summed E-state index contributed by atoms with van der Waals surface area (Å²) < 4.78 is 34.8. The van der Waals surface area contributed by atoms with Crippen LogP contribution >= 0.6 is 0 Å². The number of sulfonamides is 1. The Morgan fingerprint density at radius 3 is 2.67 bits per heavy atom. The van der Waals surface area contributed by atoms with Crippen molar-refractivity contribution in [3.8, 4) is 5.75 Å². The molecule has 2 unspecified atom stereocenters. The Labute approximate surface area is 192 Å². The van der Waals surface area contributed by atoms with Gasteiger partial charge in [-0.25, -0.2) is 0 Å². The second-order valence-corrected chi connectivity index (χ2v) is 9.88. The van der Waals surface area contributed by atoms with E-state index in [9.17, 15) is 18.0 Å². The monoisotopic (exact) mass is 468 g/mol. The van der Waals surface area contributed by atoms with Crippen molar-refractivity contribution in [2.45, 2.75) is 23.8 Å². The van der Waals surface area contributed by atoms with Crippen molar-refractivity contribution in [2.75, 3.05) is 31.6 Å². The molecule has 3 aliphatic rings. The van der Waals surface area contributed by atoms with E-state index < -0.39 is 16.1 Å². The van der Waals surface area contributed by atoms with Crippen LogP contribution in [0.4, 0.5) is 5.69 Å². The van der Waals surface area contributed by atoms with Crippen LogP contribution in [0.5, 0.6) is 5.75 Å². The molecule has 0 saturated carbocycles. The molecule has 5 rings (SSSR count). The average Bonchev–Trinajstić information content (AvgIpc) is 3.13. The molecule has 9 nitrogen and oxygen atoms in total. The largest absolute Gasteiger partial charge is 0.477 e. The van der Waals surface area contributed by atoms with E-state index in [0.717, 1.165) is 6.42 Å². The second-order valence-electron chi connectivity index (χ2n) is 8.31. The van der Waals surface area contributed by atoms with Crippen LogP contribution in [-0.2, 0) is 19.6 Å². The molecule has 0 radical (unpaired) electrons. The minimum absolute atomic E-state index is 0.112. The summed E-state index contributed by atoms with van der Waals surface area (Å²) in [5, 5.41) is 2.58. The van der Waals surface area contributed by atoms with Crippen molar-refractivity contribution in [2.24, 2.45) is 10.3 Å². The van der Waals surface area contributed by atoms with Crippen molar-refractivity contribution >= 4 is 33.4 Å². The quantitative estimate of drug-likeness (QED) is 0.714. The topological polar surface area (TPSA) is 108 Å². The maximum absolute atomic E-state index is 13.7. The van der Waals surface area contributed by atoms with Gasteiger partial charge in [-0.1, -0.05) is 24.3 Å². The van der Waals surface area contributed by atoms with Crippen molar-refractivity contribution in [1.82, 2.24) is 10.2 Å². The molecule has 1 N–H and O–H groups in total. The Balaban J connectivity index is 1.41. The third-order valence-electron chi connectivity index (χ3n) is 6.26. The van der Waals surface area contributed by atoms with Crippen molar-refractivity contribution in [3.63, 3.8) is 0 Å². The second kappa shape index (κ2) is 8.18. The molecule has 172 valence electrons. The van der Waals surface area contributed by atoms with Gasteiger partial charge in [0.05, 0.1) is 18.2 Å². The number of piperidine rings is 1. The number of carbonyl (C=O) groups excluding carboxylic acids is 2. The molecule has 2 atom stereocenters. The van der Waals surface area contributed by atoms with Crippen LogP contribution in [0, 0.1) is 5.92 Å². The van der Waals surface area contributed by atoms with E-state index in [1.165, 1.54) is 7.05 Å². The molecule has 0 bridgehead atoms. The number of likely N-dealkylation sites (N-methyl/N-ethyl adjacent to an activating group) is 1. The van der Waals surface area contributed by atoms with Gasteiger partial charge in [-0.15, -0.1) is 4.40 Å². The van der Waals surface area contributed by atoms with Crippen molar-refractivity contribution in [3.05, 3.63) is 54.1 Å². The van der Waals surface area contributed by atoms with E-state index >= 15 is 0 Å². The van der Waals surface area contributed by atoms with E-state index in [2.05, 4.69) is 9.71 Å². The Kier molecular flexibility index (Phi) is 5.32. The van der Waals surface area contributed by atoms with E-state index in [0.29, 0.717) is 42.3 Å². The van der Waals surface area contributed by atoms with Gasteiger partial charge >= 0.3 is 0 Å². The van der Waals surface area contributed by atoms with Gasteiger partial charge in [0.25, 0.3) is 15.9 Å². The number of rotatable bonds is 2. The first kappa shape index (κ1) is 21.4. The number of hydrogen-bond acceptors (Lipinski definition) is 6. The third kappa shape index (κ3) is 3.74. The number of nitrogens with one attached hydrogen (secondary N) is 1. The number of likely N-dealkylation sites (tertiary alicyclic amines) is 1. The number of carbonyl (C=O) groups is 2. The van der Waals surface area contributed by atoms with Crippen LogP contribution < -0.4 is 15.0 Å². The SMILES string of the molecule is CNC(=O)C1CN(C(=O)C2CCCN(C3=NS(=O)(=O)c4ccccc43)C2)c2ccccc2O1. The first-order valence-corrected chi connectivity index (χ1v) is 12.3. The first-order chi connectivity index (χ1) is 15.9. The van der Waals surface area contributed by atoms with Crippen molar-refractivity contribution in [1.29, 1.82) is 0 Å². The number of nitrogens with zero attached hydrogens (tertiary/aromatic N) is 3. The van der Waals surface area contributed by atoms with E-state index in [-0.39, 0.29) is 29.2 Å². The summed E-state index contributed by atoms with van der Waals surface area (Å²) in [7, 11) is -2.20.